The van der Waals surface area contributed by atoms with Gasteiger partial charge >= 0.3 is 5.76 Å². The van der Waals surface area contributed by atoms with Crippen molar-refractivity contribution in [2.45, 2.75) is 20.1 Å². The van der Waals surface area contributed by atoms with Crippen LogP contribution in [0.5, 0.6) is 5.75 Å². The Hall–Kier alpha value is -5.11. The summed E-state index contributed by atoms with van der Waals surface area (Å²) < 4.78 is 18.9. The van der Waals surface area contributed by atoms with Crippen molar-refractivity contribution >= 4 is 22.2 Å². The lowest BCUT2D eigenvalue weighted by molar-refractivity contribution is 0.307. The smallest absolute Gasteiger partial charge is 0.439 e. The van der Waals surface area contributed by atoms with E-state index in [1.165, 1.54) is 0 Å². The molecule has 0 spiro atoms. The lowest BCUT2D eigenvalue weighted by Gasteiger charge is -2.15. The fraction of sp³-hybridized carbons (Fsp3) is 0.100. The zero-order chi connectivity index (χ0) is 25.6. The Balaban J connectivity index is 1.37. The third-order valence-electron chi connectivity index (χ3n) is 6.89. The summed E-state index contributed by atoms with van der Waals surface area (Å²) >= 11 is 0. The molecule has 1 aliphatic heterocycles. The SMILES string of the molecule is C/C(=C1/c2ccc(Cn3c(-c4ccco4)nc4ccccc43)cc2COc2ccccc21)c1noc(=O)[nH]1. The third kappa shape index (κ3) is 3.66. The lowest BCUT2D eigenvalue weighted by atomic mass is 9.89. The Labute approximate surface area is 216 Å². The molecule has 38 heavy (non-hydrogen) atoms. The Morgan fingerprint density at radius 1 is 1.00 bits per heavy atom. The van der Waals surface area contributed by atoms with Crippen molar-refractivity contribution in [3.63, 3.8) is 0 Å². The summed E-state index contributed by atoms with van der Waals surface area (Å²) in [4.78, 5) is 19.2. The van der Waals surface area contributed by atoms with E-state index in [0.717, 1.165) is 61.8 Å². The molecule has 0 unspecified atom stereocenters. The number of aromatic nitrogens is 4. The lowest BCUT2D eigenvalue weighted by Crippen LogP contribution is -2.04. The third-order valence-corrected chi connectivity index (χ3v) is 6.89. The molecule has 8 heteroatoms. The molecule has 0 bridgehead atoms. The second-order valence-electron chi connectivity index (χ2n) is 9.21. The molecule has 0 radical (unpaired) electrons. The van der Waals surface area contributed by atoms with E-state index in [0.29, 0.717) is 19.0 Å². The van der Waals surface area contributed by atoms with Crippen LogP contribution in [0.25, 0.3) is 33.8 Å². The van der Waals surface area contributed by atoms with E-state index in [1.807, 2.05) is 61.5 Å². The summed E-state index contributed by atoms with van der Waals surface area (Å²) in [7, 11) is 0. The van der Waals surface area contributed by atoms with Crippen molar-refractivity contribution in [2.24, 2.45) is 0 Å². The molecule has 4 heterocycles. The summed E-state index contributed by atoms with van der Waals surface area (Å²) in [6.07, 6.45) is 1.66. The van der Waals surface area contributed by atoms with Gasteiger partial charge in [-0.1, -0.05) is 47.6 Å². The van der Waals surface area contributed by atoms with Crippen molar-refractivity contribution < 1.29 is 13.7 Å². The number of nitrogens with one attached hydrogen (secondary N) is 1. The van der Waals surface area contributed by atoms with Crippen molar-refractivity contribution in [1.82, 2.24) is 19.7 Å². The van der Waals surface area contributed by atoms with Gasteiger partial charge < -0.3 is 13.7 Å². The van der Waals surface area contributed by atoms with Gasteiger partial charge in [0.2, 0.25) is 0 Å². The maximum absolute atomic E-state index is 11.7. The molecule has 186 valence electrons. The second kappa shape index (κ2) is 8.77. The van der Waals surface area contributed by atoms with Crippen LogP contribution in [0.2, 0.25) is 0 Å². The van der Waals surface area contributed by atoms with Gasteiger partial charge in [0, 0.05) is 17.7 Å². The van der Waals surface area contributed by atoms with Crippen LogP contribution >= 0.6 is 0 Å². The highest BCUT2D eigenvalue weighted by molar-refractivity contribution is 5.99. The molecular weight excluding hydrogens is 480 g/mol. The van der Waals surface area contributed by atoms with Gasteiger partial charge in [0.25, 0.3) is 0 Å². The first-order valence-electron chi connectivity index (χ1n) is 12.3. The number of rotatable bonds is 4. The number of fused-ring (bicyclic) bond motifs is 3. The number of aromatic amines is 1. The highest BCUT2D eigenvalue weighted by Crippen LogP contribution is 2.40. The summed E-state index contributed by atoms with van der Waals surface area (Å²) in [6.45, 7) is 2.93. The Bertz CT molecular complexity index is 1890. The average molecular weight is 503 g/mol. The highest BCUT2D eigenvalue weighted by Gasteiger charge is 2.24. The van der Waals surface area contributed by atoms with E-state index >= 15 is 0 Å². The van der Waals surface area contributed by atoms with Gasteiger partial charge in [-0.05, 0) is 65.6 Å². The van der Waals surface area contributed by atoms with Crippen LogP contribution in [0.4, 0.5) is 0 Å². The van der Waals surface area contributed by atoms with Crippen molar-refractivity contribution in [3.05, 3.63) is 124 Å². The highest BCUT2D eigenvalue weighted by atomic mass is 16.5. The maximum atomic E-state index is 11.7. The summed E-state index contributed by atoms with van der Waals surface area (Å²) in [5.74, 6) is 2.07. The minimum Gasteiger partial charge on any atom is -0.488 e. The van der Waals surface area contributed by atoms with Gasteiger partial charge in [0.1, 0.15) is 12.4 Å². The molecule has 1 aliphatic rings. The number of hydrogen-bond donors (Lipinski definition) is 1. The van der Waals surface area contributed by atoms with Crippen molar-refractivity contribution in [3.8, 4) is 17.3 Å². The zero-order valence-electron chi connectivity index (χ0n) is 20.5. The largest absolute Gasteiger partial charge is 0.488 e. The zero-order valence-corrected chi connectivity index (χ0v) is 20.5. The van der Waals surface area contributed by atoms with Crippen LogP contribution < -0.4 is 10.5 Å². The number of benzene rings is 3. The maximum Gasteiger partial charge on any atom is 0.439 e. The molecule has 3 aromatic carbocycles. The van der Waals surface area contributed by atoms with Gasteiger partial charge in [0.05, 0.1) is 17.3 Å². The van der Waals surface area contributed by atoms with Crippen LogP contribution in [0, 0.1) is 0 Å². The van der Waals surface area contributed by atoms with E-state index in [2.05, 4.69) is 39.0 Å². The first-order valence-corrected chi connectivity index (χ1v) is 12.3. The molecule has 0 fully saturated rings. The van der Waals surface area contributed by atoms with Gasteiger partial charge in [-0.15, -0.1) is 0 Å². The van der Waals surface area contributed by atoms with Crippen LogP contribution in [0.1, 0.15) is 35.0 Å². The number of nitrogens with zero attached hydrogens (tertiary/aromatic N) is 3. The monoisotopic (exact) mass is 502 g/mol. The van der Waals surface area contributed by atoms with Gasteiger partial charge in [-0.2, -0.15) is 0 Å². The number of hydrogen-bond acceptors (Lipinski definition) is 6. The number of allylic oxidation sites excluding steroid dienone is 1. The van der Waals surface area contributed by atoms with Crippen molar-refractivity contribution in [2.75, 3.05) is 0 Å². The van der Waals surface area contributed by atoms with Gasteiger partial charge in [0.15, 0.2) is 17.4 Å². The topological polar surface area (TPSA) is 99.1 Å². The minimum atomic E-state index is -0.589. The first-order chi connectivity index (χ1) is 18.7. The van der Waals surface area contributed by atoms with Crippen LogP contribution in [0.15, 0.2) is 98.9 Å². The van der Waals surface area contributed by atoms with Crippen LogP contribution in [0.3, 0.4) is 0 Å². The molecule has 0 atom stereocenters. The van der Waals surface area contributed by atoms with Crippen molar-refractivity contribution in [1.29, 1.82) is 0 Å². The van der Waals surface area contributed by atoms with E-state index in [4.69, 9.17) is 18.7 Å². The summed E-state index contributed by atoms with van der Waals surface area (Å²) in [5, 5.41) is 3.94. The first kappa shape index (κ1) is 22.1. The normalized spacial score (nSPS) is 14.0. The Morgan fingerprint density at radius 2 is 1.87 bits per heavy atom. The molecular formula is C30H22N4O4. The van der Waals surface area contributed by atoms with E-state index in [9.17, 15) is 4.79 Å². The van der Waals surface area contributed by atoms with E-state index in [1.54, 1.807) is 6.26 Å². The van der Waals surface area contributed by atoms with Gasteiger partial charge in [-0.25, -0.2) is 9.78 Å². The molecule has 7 rings (SSSR count). The summed E-state index contributed by atoms with van der Waals surface area (Å²) in [6, 6.07) is 26.2. The molecule has 0 saturated carbocycles. The van der Waals surface area contributed by atoms with Crippen LogP contribution in [-0.4, -0.2) is 19.7 Å². The predicted octanol–water partition coefficient (Wildman–Crippen LogP) is 5.89. The number of imidazole rings is 1. The number of para-hydroxylation sites is 3. The Morgan fingerprint density at radius 3 is 2.71 bits per heavy atom. The minimum absolute atomic E-state index is 0.393. The molecule has 0 saturated heterocycles. The quantitative estimate of drug-likeness (QED) is 0.323. The predicted molar refractivity (Wildman–Crippen MR) is 142 cm³/mol. The Kier molecular flexibility index (Phi) is 5.11. The second-order valence-corrected chi connectivity index (χ2v) is 9.21. The average Bonchev–Trinajstić information content (AvgIpc) is 3.68. The fourth-order valence-electron chi connectivity index (χ4n) is 5.13. The van der Waals surface area contributed by atoms with E-state index < -0.39 is 5.76 Å². The molecule has 3 aromatic heterocycles. The number of ether oxygens (including phenoxy) is 1. The molecule has 0 amide bonds. The molecule has 1 N–H and O–H groups in total. The molecule has 6 aromatic rings. The summed E-state index contributed by atoms with van der Waals surface area (Å²) in [5.41, 5.74) is 7.75. The van der Waals surface area contributed by atoms with Gasteiger partial charge in [-0.3, -0.25) is 9.51 Å². The standard InChI is InChI=1S/C30H22N4O4/c1-18(28-32-30(35)38-33-28)27-21-13-12-19(15-20(21)17-37-25-10-5-2-7-22(25)27)16-34-24-9-4-3-8-23(24)31-29(34)26-11-6-14-36-26/h2-15H,16-17H2,1H3,(H,32,33,35)/b27-18+. The number of H-pyrrole nitrogens is 1. The van der Waals surface area contributed by atoms with Crippen LogP contribution in [-0.2, 0) is 13.2 Å². The number of furan rings is 1. The molecule has 8 nitrogen and oxygen atoms in total. The fourth-order valence-corrected chi connectivity index (χ4v) is 5.13. The van der Waals surface area contributed by atoms with E-state index in [-0.39, 0.29) is 0 Å². The molecule has 0 aliphatic carbocycles.